The van der Waals surface area contributed by atoms with E-state index >= 15 is 0 Å². The van der Waals surface area contributed by atoms with Crippen molar-refractivity contribution >= 4 is 35.0 Å². The zero-order valence-electron chi connectivity index (χ0n) is 16.5. The molecule has 152 valence electrons. The third kappa shape index (κ3) is 5.31. The third-order valence-electron chi connectivity index (χ3n) is 4.26. The Bertz CT molecular complexity index is 964. The largest absolute Gasteiger partial charge is 0.481 e. The van der Waals surface area contributed by atoms with Gasteiger partial charge in [0.15, 0.2) is 17.1 Å². The minimum absolute atomic E-state index is 0.0891. The van der Waals surface area contributed by atoms with Crippen molar-refractivity contribution in [3.63, 3.8) is 0 Å². The van der Waals surface area contributed by atoms with Crippen LogP contribution in [0.1, 0.15) is 32.7 Å². The van der Waals surface area contributed by atoms with E-state index in [1.54, 1.807) is 6.07 Å². The van der Waals surface area contributed by atoms with E-state index in [4.69, 9.17) is 16.3 Å². The van der Waals surface area contributed by atoms with E-state index in [0.717, 1.165) is 5.69 Å². The van der Waals surface area contributed by atoms with Crippen LogP contribution < -0.4 is 10.1 Å². The molecule has 0 radical (unpaired) electrons. The summed E-state index contributed by atoms with van der Waals surface area (Å²) in [6.45, 7) is 6.42. The Morgan fingerprint density at radius 2 is 1.83 bits per heavy atom. The fraction of sp³-hybridized carbons (Fsp3) is 0.286. The lowest BCUT2D eigenvalue weighted by Gasteiger charge is -2.17. The van der Waals surface area contributed by atoms with Gasteiger partial charge in [0.05, 0.1) is 10.3 Å². The predicted octanol–water partition coefficient (Wildman–Crippen LogP) is 5.21. The average molecular weight is 431 g/mol. The number of thioether (sulfide) groups is 1. The Morgan fingerprint density at radius 1 is 1.14 bits per heavy atom. The standard InChI is InChI=1S/C21H23ClN4O2S/c1-4-26-19(14(2)28-18-13-9-8-12-17(18)22)24-25-21(26)29-15(3)20(27)23-16-10-6-5-7-11-16/h5-15H,4H2,1-3H3,(H,23,27). The van der Waals surface area contributed by atoms with Gasteiger partial charge in [-0.1, -0.05) is 53.7 Å². The van der Waals surface area contributed by atoms with Crippen LogP contribution in [-0.2, 0) is 11.3 Å². The number of anilines is 1. The van der Waals surface area contributed by atoms with Gasteiger partial charge in [0.2, 0.25) is 5.91 Å². The third-order valence-corrected chi connectivity index (χ3v) is 5.65. The number of carbonyl (C=O) groups excluding carboxylic acids is 1. The number of nitrogens with one attached hydrogen (secondary N) is 1. The summed E-state index contributed by atoms with van der Waals surface area (Å²) in [6, 6.07) is 16.7. The number of ether oxygens (including phenoxy) is 1. The molecule has 0 saturated heterocycles. The van der Waals surface area contributed by atoms with Crippen LogP contribution in [0.3, 0.4) is 0 Å². The van der Waals surface area contributed by atoms with Crippen LogP contribution >= 0.6 is 23.4 Å². The van der Waals surface area contributed by atoms with Crippen molar-refractivity contribution in [2.75, 3.05) is 5.32 Å². The van der Waals surface area contributed by atoms with Crippen molar-refractivity contribution < 1.29 is 9.53 Å². The van der Waals surface area contributed by atoms with E-state index in [9.17, 15) is 4.79 Å². The summed E-state index contributed by atoms with van der Waals surface area (Å²) in [5.74, 6) is 1.19. The van der Waals surface area contributed by atoms with Gasteiger partial charge in [0, 0.05) is 12.2 Å². The Morgan fingerprint density at radius 3 is 2.52 bits per heavy atom. The second-order valence-corrected chi connectivity index (χ2v) is 8.11. The van der Waals surface area contributed by atoms with Crippen LogP contribution in [0.5, 0.6) is 5.75 Å². The molecule has 1 N–H and O–H groups in total. The molecule has 1 aromatic heterocycles. The molecule has 2 aromatic carbocycles. The first kappa shape index (κ1) is 21.2. The lowest BCUT2D eigenvalue weighted by atomic mass is 10.3. The van der Waals surface area contributed by atoms with Crippen LogP contribution in [0.4, 0.5) is 5.69 Å². The number of benzene rings is 2. The molecule has 0 aliphatic carbocycles. The first-order valence-electron chi connectivity index (χ1n) is 9.36. The van der Waals surface area contributed by atoms with Crippen molar-refractivity contribution in [1.29, 1.82) is 0 Å². The molecule has 29 heavy (non-hydrogen) atoms. The van der Waals surface area contributed by atoms with Gasteiger partial charge in [-0.05, 0) is 45.0 Å². The maximum Gasteiger partial charge on any atom is 0.237 e. The Hall–Kier alpha value is -2.51. The molecule has 2 atom stereocenters. The highest BCUT2D eigenvalue weighted by Crippen LogP contribution is 2.30. The van der Waals surface area contributed by atoms with Crippen LogP contribution in [0.25, 0.3) is 0 Å². The molecule has 0 fully saturated rings. The van der Waals surface area contributed by atoms with Crippen LogP contribution in [-0.4, -0.2) is 25.9 Å². The molecule has 0 bridgehead atoms. The number of nitrogens with zero attached hydrogens (tertiary/aromatic N) is 3. The monoisotopic (exact) mass is 430 g/mol. The number of aromatic nitrogens is 3. The molecule has 0 aliphatic heterocycles. The summed E-state index contributed by atoms with van der Waals surface area (Å²) in [4.78, 5) is 12.5. The number of rotatable bonds is 8. The van der Waals surface area contributed by atoms with E-state index in [1.807, 2.05) is 73.9 Å². The molecule has 6 nitrogen and oxygen atoms in total. The lowest BCUT2D eigenvalue weighted by Crippen LogP contribution is -2.23. The quantitative estimate of drug-likeness (QED) is 0.497. The second kappa shape index (κ2) is 9.80. The predicted molar refractivity (Wildman–Crippen MR) is 117 cm³/mol. The highest BCUT2D eigenvalue weighted by atomic mass is 35.5. The number of para-hydroxylation sites is 2. The van der Waals surface area contributed by atoms with Crippen LogP contribution in [0.15, 0.2) is 59.8 Å². The van der Waals surface area contributed by atoms with Gasteiger partial charge in [-0.25, -0.2) is 0 Å². The van der Waals surface area contributed by atoms with Crippen molar-refractivity contribution in [1.82, 2.24) is 14.8 Å². The van der Waals surface area contributed by atoms with E-state index in [-0.39, 0.29) is 17.3 Å². The molecule has 3 rings (SSSR count). The molecule has 1 heterocycles. The fourth-order valence-corrected chi connectivity index (χ4v) is 3.85. The number of amides is 1. The molecule has 8 heteroatoms. The molecule has 2 unspecified atom stereocenters. The number of hydrogen-bond acceptors (Lipinski definition) is 5. The van der Waals surface area contributed by atoms with Gasteiger partial charge < -0.3 is 14.6 Å². The van der Waals surface area contributed by atoms with Gasteiger partial charge >= 0.3 is 0 Å². The Kier molecular flexibility index (Phi) is 7.17. The van der Waals surface area contributed by atoms with Crippen LogP contribution in [0.2, 0.25) is 5.02 Å². The normalized spacial score (nSPS) is 13.0. The zero-order valence-corrected chi connectivity index (χ0v) is 18.1. The summed E-state index contributed by atoms with van der Waals surface area (Å²) in [6.07, 6.45) is -0.342. The SMILES string of the molecule is CCn1c(SC(C)C(=O)Nc2ccccc2)nnc1C(C)Oc1ccccc1Cl. The van der Waals surface area contributed by atoms with Crippen molar-refractivity contribution in [2.24, 2.45) is 0 Å². The maximum atomic E-state index is 12.5. The fourth-order valence-electron chi connectivity index (χ4n) is 2.75. The first-order chi connectivity index (χ1) is 14.0. The summed E-state index contributed by atoms with van der Waals surface area (Å²) in [7, 11) is 0. The van der Waals surface area contributed by atoms with Crippen molar-refractivity contribution in [2.45, 2.75) is 43.8 Å². The van der Waals surface area contributed by atoms with Gasteiger partial charge in [0.1, 0.15) is 5.75 Å². The highest BCUT2D eigenvalue weighted by molar-refractivity contribution is 8.00. The van der Waals surface area contributed by atoms with Crippen molar-refractivity contribution in [3.05, 3.63) is 65.4 Å². The molecular weight excluding hydrogens is 408 g/mol. The van der Waals surface area contributed by atoms with Gasteiger partial charge in [-0.2, -0.15) is 0 Å². The maximum absolute atomic E-state index is 12.5. The number of halogens is 1. The molecule has 1 amide bonds. The molecular formula is C21H23ClN4O2S. The molecule has 0 saturated carbocycles. The minimum Gasteiger partial charge on any atom is -0.481 e. The first-order valence-corrected chi connectivity index (χ1v) is 10.6. The molecule has 3 aromatic rings. The number of hydrogen-bond donors (Lipinski definition) is 1. The molecule has 0 aliphatic rings. The topological polar surface area (TPSA) is 69.0 Å². The Labute approximate surface area is 179 Å². The summed E-state index contributed by atoms with van der Waals surface area (Å²) >= 11 is 7.55. The van der Waals surface area contributed by atoms with Crippen molar-refractivity contribution in [3.8, 4) is 5.75 Å². The van der Waals surface area contributed by atoms with E-state index in [2.05, 4.69) is 15.5 Å². The second-order valence-electron chi connectivity index (χ2n) is 6.39. The van der Waals surface area contributed by atoms with Gasteiger partial charge in [-0.15, -0.1) is 10.2 Å². The highest BCUT2D eigenvalue weighted by Gasteiger charge is 2.23. The lowest BCUT2D eigenvalue weighted by molar-refractivity contribution is -0.115. The summed E-state index contributed by atoms with van der Waals surface area (Å²) in [5.41, 5.74) is 0.768. The van der Waals surface area contributed by atoms with Gasteiger partial charge in [-0.3, -0.25) is 4.79 Å². The summed E-state index contributed by atoms with van der Waals surface area (Å²) < 4.78 is 7.93. The van der Waals surface area contributed by atoms with Gasteiger partial charge in [0.25, 0.3) is 0 Å². The van der Waals surface area contributed by atoms with E-state index < -0.39 is 0 Å². The average Bonchev–Trinajstić information content (AvgIpc) is 3.13. The minimum atomic E-state index is -0.342. The zero-order chi connectivity index (χ0) is 20.8. The summed E-state index contributed by atoms with van der Waals surface area (Å²) in [5, 5.41) is 12.4. The Balaban J connectivity index is 1.70. The number of carbonyl (C=O) groups is 1. The van der Waals surface area contributed by atoms with E-state index in [1.165, 1.54) is 11.8 Å². The smallest absolute Gasteiger partial charge is 0.237 e. The van der Waals surface area contributed by atoms with E-state index in [0.29, 0.717) is 28.3 Å². The van der Waals surface area contributed by atoms with Crippen LogP contribution in [0, 0.1) is 0 Å². The molecule has 0 spiro atoms.